The average molecular weight is 233 g/mol. The van der Waals surface area contributed by atoms with Crippen molar-refractivity contribution in [1.29, 1.82) is 0 Å². The largest absolute Gasteiger partial charge is 0.417 e. The highest BCUT2D eigenvalue weighted by Crippen LogP contribution is 2.31. The summed E-state index contributed by atoms with van der Waals surface area (Å²) in [5, 5.41) is 2.84. The molecule has 1 heterocycles. The molecule has 0 aromatic carbocycles. The molecule has 90 valence electrons. The summed E-state index contributed by atoms with van der Waals surface area (Å²) in [5.74, 6) is 0.391. The summed E-state index contributed by atoms with van der Waals surface area (Å²) in [7, 11) is 0. The van der Waals surface area contributed by atoms with E-state index in [1.807, 2.05) is 13.8 Å². The van der Waals surface area contributed by atoms with Crippen molar-refractivity contribution < 1.29 is 13.2 Å². The van der Waals surface area contributed by atoms with Crippen molar-refractivity contribution in [3.8, 4) is 0 Å². The Morgan fingerprint density at radius 2 is 2.06 bits per heavy atom. The van der Waals surface area contributed by atoms with E-state index in [4.69, 9.17) is 5.73 Å². The maximum atomic E-state index is 12.4. The fourth-order valence-electron chi connectivity index (χ4n) is 1.09. The molecule has 0 bridgehead atoms. The van der Waals surface area contributed by atoms with E-state index < -0.39 is 11.7 Å². The normalized spacial score (nSPS) is 11.9. The van der Waals surface area contributed by atoms with E-state index in [1.165, 1.54) is 0 Å². The Labute approximate surface area is 91.9 Å². The average Bonchev–Trinajstić information content (AvgIpc) is 2.14. The van der Waals surface area contributed by atoms with Gasteiger partial charge < -0.3 is 11.1 Å². The molecule has 0 spiro atoms. The minimum Gasteiger partial charge on any atom is -0.382 e. The van der Waals surface area contributed by atoms with Crippen LogP contribution in [0.15, 0.2) is 12.3 Å². The second kappa shape index (κ2) is 4.59. The molecule has 0 amide bonds. The van der Waals surface area contributed by atoms with Crippen LogP contribution in [0.3, 0.4) is 0 Å². The first kappa shape index (κ1) is 12.6. The number of nitrogens with zero attached hydrogens (tertiary/aromatic N) is 1. The zero-order valence-corrected chi connectivity index (χ0v) is 9.10. The van der Waals surface area contributed by atoms with E-state index in [2.05, 4.69) is 10.3 Å². The summed E-state index contributed by atoms with van der Waals surface area (Å²) in [6.45, 7) is 4.45. The van der Waals surface area contributed by atoms with Crippen molar-refractivity contribution >= 4 is 11.5 Å². The zero-order valence-electron chi connectivity index (χ0n) is 9.10. The maximum absolute atomic E-state index is 12.4. The Balaban J connectivity index is 2.91. The Bertz CT molecular complexity index is 361. The quantitative estimate of drug-likeness (QED) is 0.844. The summed E-state index contributed by atoms with van der Waals surface area (Å²) in [5.41, 5.74) is 4.91. The predicted molar refractivity (Wildman–Crippen MR) is 57.0 cm³/mol. The van der Waals surface area contributed by atoms with Gasteiger partial charge in [-0.2, -0.15) is 13.2 Å². The number of hydrogen-bond acceptors (Lipinski definition) is 3. The minimum atomic E-state index is -4.39. The van der Waals surface area contributed by atoms with Gasteiger partial charge in [0.05, 0.1) is 11.3 Å². The van der Waals surface area contributed by atoms with E-state index in [-0.39, 0.29) is 11.5 Å². The minimum absolute atomic E-state index is 0.0775. The maximum Gasteiger partial charge on any atom is 0.417 e. The smallest absolute Gasteiger partial charge is 0.382 e. The summed E-state index contributed by atoms with van der Waals surface area (Å²) in [6, 6.07) is 0.977. The summed E-state index contributed by atoms with van der Waals surface area (Å²) >= 11 is 0. The van der Waals surface area contributed by atoms with Gasteiger partial charge in [0, 0.05) is 12.7 Å². The van der Waals surface area contributed by atoms with Gasteiger partial charge in [-0.05, 0) is 12.0 Å². The lowest BCUT2D eigenvalue weighted by molar-refractivity contribution is -0.137. The van der Waals surface area contributed by atoms with Crippen molar-refractivity contribution in [3.05, 3.63) is 17.8 Å². The highest BCUT2D eigenvalue weighted by Gasteiger charge is 2.31. The van der Waals surface area contributed by atoms with Gasteiger partial charge in [-0.1, -0.05) is 13.8 Å². The Morgan fingerprint density at radius 1 is 1.44 bits per heavy atom. The van der Waals surface area contributed by atoms with Crippen molar-refractivity contribution in [2.24, 2.45) is 5.92 Å². The van der Waals surface area contributed by atoms with Crippen LogP contribution >= 0.6 is 0 Å². The lowest BCUT2D eigenvalue weighted by Gasteiger charge is -2.13. The molecule has 0 fully saturated rings. The van der Waals surface area contributed by atoms with Crippen LogP contribution in [0.2, 0.25) is 0 Å². The lowest BCUT2D eigenvalue weighted by atomic mass is 10.2. The number of rotatable bonds is 3. The third kappa shape index (κ3) is 3.29. The fourth-order valence-corrected chi connectivity index (χ4v) is 1.09. The Kier molecular flexibility index (Phi) is 3.62. The number of anilines is 2. The molecule has 0 aliphatic rings. The van der Waals surface area contributed by atoms with Crippen LogP contribution in [0, 0.1) is 5.92 Å². The van der Waals surface area contributed by atoms with Crippen molar-refractivity contribution in [1.82, 2.24) is 4.98 Å². The molecule has 1 aromatic rings. The molecule has 0 aliphatic heterocycles. The number of hydrogen-bond donors (Lipinski definition) is 2. The highest BCUT2D eigenvalue weighted by molar-refractivity contribution is 5.62. The first-order valence-corrected chi connectivity index (χ1v) is 4.87. The van der Waals surface area contributed by atoms with E-state index >= 15 is 0 Å². The van der Waals surface area contributed by atoms with Crippen LogP contribution in [0.25, 0.3) is 0 Å². The third-order valence-electron chi connectivity index (χ3n) is 1.95. The molecule has 0 saturated carbocycles. The zero-order chi connectivity index (χ0) is 12.3. The molecule has 0 aliphatic carbocycles. The number of aromatic nitrogens is 1. The Hall–Kier alpha value is -1.46. The van der Waals surface area contributed by atoms with Crippen LogP contribution in [0.4, 0.5) is 24.7 Å². The number of nitrogens with two attached hydrogens (primary N) is 1. The fraction of sp³-hybridized carbons (Fsp3) is 0.500. The summed E-state index contributed by atoms with van der Waals surface area (Å²) < 4.78 is 37.2. The molecule has 1 rings (SSSR count). The standard InChI is InChI=1S/C10H14F3N3/c1-6(2)4-15-8-3-7(10(11,12)13)5-16-9(8)14/h3,5-6,15H,4H2,1-2H3,(H2,14,16). The van der Waals surface area contributed by atoms with E-state index in [0.717, 1.165) is 12.3 Å². The second-order valence-corrected chi connectivity index (χ2v) is 3.93. The number of alkyl halides is 3. The third-order valence-corrected chi connectivity index (χ3v) is 1.95. The molecular weight excluding hydrogens is 219 g/mol. The monoisotopic (exact) mass is 233 g/mol. The SMILES string of the molecule is CC(C)CNc1cc(C(F)(F)F)cnc1N. The number of nitrogens with one attached hydrogen (secondary N) is 1. The van der Waals surface area contributed by atoms with Gasteiger partial charge in [-0.25, -0.2) is 4.98 Å². The predicted octanol–water partition coefficient (Wildman–Crippen LogP) is 2.75. The molecule has 0 saturated heterocycles. The summed E-state index contributed by atoms with van der Waals surface area (Å²) in [6.07, 6.45) is -3.66. The molecule has 3 nitrogen and oxygen atoms in total. The van der Waals surface area contributed by atoms with Gasteiger partial charge in [-0.15, -0.1) is 0 Å². The lowest BCUT2D eigenvalue weighted by Crippen LogP contribution is -2.13. The molecule has 3 N–H and O–H groups in total. The first-order chi connectivity index (χ1) is 7.30. The van der Waals surface area contributed by atoms with Crippen LogP contribution in [0.5, 0.6) is 0 Å². The van der Waals surface area contributed by atoms with Crippen molar-refractivity contribution in [2.75, 3.05) is 17.6 Å². The topological polar surface area (TPSA) is 50.9 Å². The molecule has 16 heavy (non-hydrogen) atoms. The van der Waals surface area contributed by atoms with E-state index in [1.54, 1.807) is 0 Å². The van der Waals surface area contributed by atoms with Crippen LogP contribution in [-0.4, -0.2) is 11.5 Å². The molecular formula is C10H14F3N3. The number of halogens is 3. The van der Waals surface area contributed by atoms with Gasteiger partial charge in [0.1, 0.15) is 5.82 Å². The summed E-state index contributed by atoms with van der Waals surface area (Å²) in [4.78, 5) is 3.52. The first-order valence-electron chi connectivity index (χ1n) is 4.87. The van der Waals surface area contributed by atoms with Crippen LogP contribution < -0.4 is 11.1 Å². The van der Waals surface area contributed by atoms with Crippen LogP contribution in [-0.2, 0) is 6.18 Å². The van der Waals surface area contributed by atoms with Gasteiger partial charge in [-0.3, -0.25) is 0 Å². The van der Waals surface area contributed by atoms with Gasteiger partial charge in [0.25, 0.3) is 0 Å². The van der Waals surface area contributed by atoms with Crippen molar-refractivity contribution in [2.45, 2.75) is 20.0 Å². The highest BCUT2D eigenvalue weighted by atomic mass is 19.4. The van der Waals surface area contributed by atoms with Crippen LogP contribution in [0.1, 0.15) is 19.4 Å². The number of nitrogen functional groups attached to an aromatic ring is 1. The second-order valence-electron chi connectivity index (χ2n) is 3.93. The number of pyridine rings is 1. The molecule has 6 heteroatoms. The molecule has 1 aromatic heterocycles. The van der Waals surface area contributed by atoms with E-state index in [0.29, 0.717) is 12.5 Å². The van der Waals surface area contributed by atoms with E-state index in [9.17, 15) is 13.2 Å². The Morgan fingerprint density at radius 3 is 2.56 bits per heavy atom. The van der Waals surface area contributed by atoms with Gasteiger partial charge in [0.15, 0.2) is 0 Å². The molecule has 0 atom stereocenters. The molecule has 0 radical (unpaired) electrons. The van der Waals surface area contributed by atoms with Crippen molar-refractivity contribution in [3.63, 3.8) is 0 Å². The van der Waals surface area contributed by atoms with Gasteiger partial charge >= 0.3 is 6.18 Å². The molecule has 0 unspecified atom stereocenters. The van der Waals surface area contributed by atoms with Gasteiger partial charge in [0.2, 0.25) is 0 Å².